The van der Waals surface area contributed by atoms with Gasteiger partial charge in [-0.1, -0.05) is 125 Å². The van der Waals surface area contributed by atoms with Gasteiger partial charge in [0.05, 0.1) is 0 Å². The Balaban J connectivity index is 1.64. The molecule has 0 atom stereocenters. The second kappa shape index (κ2) is 17.5. The molecule has 1 aliphatic rings. The Bertz CT molecular complexity index is 224. The molecule has 0 heterocycles. The highest BCUT2D eigenvalue weighted by Gasteiger charge is 2.14. The third-order valence-corrected chi connectivity index (χ3v) is 8.15. The Hall–Kier alpha value is 0.700. The molecule has 0 aromatic heterocycles. The molecule has 0 nitrogen and oxygen atoms in total. The van der Waals surface area contributed by atoms with E-state index >= 15 is 0 Å². The van der Waals surface area contributed by atoms with Crippen LogP contribution < -0.4 is 0 Å². The molecule has 0 aliphatic heterocycles. The van der Waals surface area contributed by atoms with Crippen LogP contribution in [0.1, 0.15) is 122 Å². The van der Waals surface area contributed by atoms with Crippen molar-refractivity contribution in [2.24, 2.45) is 0 Å². The van der Waals surface area contributed by atoms with Crippen molar-refractivity contribution >= 4 is 21.6 Å². The van der Waals surface area contributed by atoms with E-state index in [-0.39, 0.29) is 0 Å². The first-order valence-electron chi connectivity index (χ1n) is 10.7. The topological polar surface area (TPSA) is 0 Å². The third kappa shape index (κ3) is 14.7. The monoisotopic (exact) mass is 358 g/mol. The minimum atomic E-state index is 0.992. The highest BCUT2D eigenvalue weighted by molar-refractivity contribution is 8.76. The summed E-state index contributed by atoms with van der Waals surface area (Å²) in [5, 5.41) is 0.992. The van der Waals surface area contributed by atoms with Crippen LogP contribution in [0.2, 0.25) is 0 Å². The Morgan fingerprint density at radius 2 is 1.04 bits per heavy atom. The summed E-state index contributed by atoms with van der Waals surface area (Å²) < 4.78 is 0. The molecule has 0 amide bonds. The van der Waals surface area contributed by atoms with Gasteiger partial charge in [-0.25, -0.2) is 0 Å². The van der Waals surface area contributed by atoms with E-state index in [1.165, 1.54) is 121 Å². The van der Waals surface area contributed by atoms with E-state index < -0.39 is 0 Å². The molecule has 1 fully saturated rings. The molecular formula is C21H42S2. The van der Waals surface area contributed by atoms with Gasteiger partial charge in [-0.15, -0.1) is 0 Å². The van der Waals surface area contributed by atoms with Crippen molar-refractivity contribution in [1.29, 1.82) is 0 Å². The molecule has 0 saturated heterocycles. The van der Waals surface area contributed by atoms with Crippen LogP contribution in [0.15, 0.2) is 0 Å². The largest absolute Gasteiger partial charge is 0.0939 e. The van der Waals surface area contributed by atoms with Crippen LogP contribution in [0.5, 0.6) is 0 Å². The van der Waals surface area contributed by atoms with E-state index in [9.17, 15) is 0 Å². The van der Waals surface area contributed by atoms with Crippen LogP contribution in [0.4, 0.5) is 0 Å². The van der Waals surface area contributed by atoms with Crippen LogP contribution in [0.25, 0.3) is 0 Å². The standard InChI is InChI=1S/C21H42S2/c1-2-3-4-5-6-7-8-9-10-11-12-13-14-17-20-22-23-21-18-15-16-19-21/h21H,2-20H2,1H3. The van der Waals surface area contributed by atoms with E-state index in [1.54, 1.807) is 0 Å². The Kier molecular flexibility index (Phi) is 16.6. The fraction of sp³-hybridized carbons (Fsp3) is 1.00. The first-order chi connectivity index (χ1) is 11.4. The summed E-state index contributed by atoms with van der Waals surface area (Å²) in [4.78, 5) is 0. The lowest BCUT2D eigenvalue weighted by Gasteiger charge is -2.07. The maximum absolute atomic E-state index is 2.30. The van der Waals surface area contributed by atoms with Crippen LogP contribution in [-0.2, 0) is 0 Å². The predicted molar refractivity (Wildman–Crippen MR) is 113 cm³/mol. The fourth-order valence-electron chi connectivity index (χ4n) is 3.48. The summed E-state index contributed by atoms with van der Waals surface area (Å²) in [6.07, 6.45) is 26.5. The Labute approximate surface area is 155 Å². The van der Waals surface area contributed by atoms with Crippen molar-refractivity contribution in [2.45, 2.75) is 128 Å². The highest BCUT2D eigenvalue weighted by atomic mass is 33.1. The van der Waals surface area contributed by atoms with Gasteiger partial charge in [0.15, 0.2) is 0 Å². The summed E-state index contributed by atoms with van der Waals surface area (Å²) in [5.74, 6) is 1.39. The van der Waals surface area contributed by atoms with Gasteiger partial charge in [0.25, 0.3) is 0 Å². The van der Waals surface area contributed by atoms with Crippen LogP contribution >= 0.6 is 21.6 Å². The molecule has 138 valence electrons. The smallest absolute Gasteiger partial charge is 0.0151 e. The van der Waals surface area contributed by atoms with Crippen molar-refractivity contribution in [1.82, 2.24) is 0 Å². The van der Waals surface area contributed by atoms with E-state index in [0.717, 1.165) is 5.25 Å². The van der Waals surface area contributed by atoms with Crippen molar-refractivity contribution in [3.05, 3.63) is 0 Å². The van der Waals surface area contributed by atoms with Gasteiger partial charge in [0.2, 0.25) is 0 Å². The Morgan fingerprint density at radius 1 is 0.609 bits per heavy atom. The van der Waals surface area contributed by atoms with Crippen molar-refractivity contribution < 1.29 is 0 Å². The second-order valence-electron chi connectivity index (χ2n) is 7.42. The normalized spacial score (nSPS) is 15.5. The van der Waals surface area contributed by atoms with Gasteiger partial charge in [0, 0.05) is 11.0 Å². The van der Waals surface area contributed by atoms with E-state index in [2.05, 4.69) is 28.5 Å². The molecule has 0 bridgehead atoms. The second-order valence-corrected chi connectivity index (χ2v) is 10.2. The highest BCUT2D eigenvalue weighted by Crippen LogP contribution is 2.37. The maximum atomic E-state index is 2.30. The van der Waals surface area contributed by atoms with Crippen molar-refractivity contribution in [2.75, 3.05) is 5.75 Å². The lowest BCUT2D eigenvalue weighted by Crippen LogP contribution is -1.90. The molecule has 2 heteroatoms. The summed E-state index contributed by atoms with van der Waals surface area (Å²) in [7, 11) is 4.34. The zero-order valence-electron chi connectivity index (χ0n) is 15.8. The maximum Gasteiger partial charge on any atom is 0.0151 e. The Morgan fingerprint density at radius 3 is 1.52 bits per heavy atom. The zero-order valence-corrected chi connectivity index (χ0v) is 17.5. The summed E-state index contributed by atoms with van der Waals surface area (Å²) in [6.45, 7) is 2.30. The van der Waals surface area contributed by atoms with E-state index in [1.807, 2.05) is 0 Å². The van der Waals surface area contributed by atoms with Gasteiger partial charge >= 0.3 is 0 Å². The summed E-state index contributed by atoms with van der Waals surface area (Å²) >= 11 is 0. The fourth-order valence-corrected chi connectivity index (χ4v) is 6.42. The molecule has 0 aromatic carbocycles. The quantitative estimate of drug-likeness (QED) is 0.188. The molecule has 0 aromatic rings. The molecular weight excluding hydrogens is 316 g/mol. The van der Waals surface area contributed by atoms with Gasteiger partial charge < -0.3 is 0 Å². The molecule has 1 saturated carbocycles. The number of hydrogen-bond donors (Lipinski definition) is 0. The average Bonchev–Trinajstić information content (AvgIpc) is 3.08. The molecule has 1 rings (SSSR count). The molecule has 0 spiro atoms. The van der Waals surface area contributed by atoms with E-state index in [4.69, 9.17) is 0 Å². The molecule has 23 heavy (non-hydrogen) atoms. The average molecular weight is 359 g/mol. The SMILES string of the molecule is CCCCCCCCCCCCCCCCSSC1CCCC1. The lowest BCUT2D eigenvalue weighted by atomic mass is 10.0. The van der Waals surface area contributed by atoms with Gasteiger partial charge in [-0.05, 0) is 19.3 Å². The first-order valence-corrected chi connectivity index (χ1v) is 13.1. The van der Waals surface area contributed by atoms with Crippen LogP contribution in [0, 0.1) is 0 Å². The van der Waals surface area contributed by atoms with Crippen LogP contribution in [-0.4, -0.2) is 11.0 Å². The van der Waals surface area contributed by atoms with Gasteiger partial charge in [-0.2, -0.15) is 0 Å². The lowest BCUT2D eigenvalue weighted by molar-refractivity contribution is 0.538. The van der Waals surface area contributed by atoms with Gasteiger partial charge in [0.1, 0.15) is 0 Å². The van der Waals surface area contributed by atoms with Crippen LogP contribution in [0.3, 0.4) is 0 Å². The summed E-state index contributed by atoms with van der Waals surface area (Å²) in [5.41, 5.74) is 0. The minimum Gasteiger partial charge on any atom is -0.0939 e. The predicted octanol–water partition coefficient (Wildman–Crippen LogP) is 8.79. The molecule has 0 unspecified atom stereocenters. The third-order valence-electron chi connectivity index (χ3n) is 5.09. The number of rotatable bonds is 17. The van der Waals surface area contributed by atoms with Gasteiger partial charge in [-0.3, -0.25) is 0 Å². The van der Waals surface area contributed by atoms with Crippen molar-refractivity contribution in [3.63, 3.8) is 0 Å². The zero-order chi connectivity index (χ0) is 16.4. The molecule has 1 aliphatic carbocycles. The van der Waals surface area contributed by atoms with E-state index in [0.29, 0.717) is 0 Å². The van der Waals surface area contributed by atoms with Crippen molar-refractivity contribution in [3.8, 4) is 0 Å². The minimum absolute atomic E-state index is 0.992. The number of hydrogen-bond acceptors (Lipinski definition) is 2. The first kappa shape index (κ1) is 21.7. The molecule has 0 N–H and O–H groups in total. The summed E-state index contributed by atoms with van der Waals surface area (Å²) in [6, 6.07) is 0. The number of unbranched alkanes of at least 4 members (excludes halogenated alkanes) is 13. The molecule has 0 radical (unpaired) electrons.